The van der Waals surface area contributed by atoms with Crippen LogP contribution in [0, 0.1) is 6.92 Å². The van der Waals surface area contributed by atoms with E-state index in [1.165, 1.54) is 11.5 Å². The molecule has 3 rings (SSSR count). The van der Waals surface area contributed by atoms with Gasteiger partial charge in [0.15, 0.2) is 11.5 Å². The van der Waals surface area contributed by atoms with Crippen molar-refractivity contribution in [2.45, 2.75) is 26.7 Å². The molecular formula is C12H13N5S. The molecule has 0 amide bonds. The molecule has 0 unspecified atom stereocenters. The summed E-state index contributed by atoms with van der Waals surface area (Å²) in [6, 6.07) is 3.97. The molecule has 0 saturated heterocycles. The first-order chi connectivity index (χ1) is 8.65. The number of nitrogens with one attached hydrogen (secondary N) is 1. The van der Waals surface area contributed by atoms with Crippen LogP contribution >= 0.6 is 11.5 Å². The van der Waals surface area contributed by atoms with Crippen LogP contribution in [-0.4, -0.2) is 24.5 Å². The second kappa shape index (κ2) is 4.13. The van der Waals surface area contributed by atoms with Crippen LogP contribution < -0.4 is 0 Å². The number of aryl methyl sites for hydroxylation is 1. The molecule has 0 spiro atoms. The average Bonchev–Trinajstić information content (AvgIpc) is 2.93. The second-order valence-electron chi connectivity index (χ2n) is 4.55. The molecule has 0 atom stereocenters. The minimum atomic E-state index is 0.335. The van der Waals surface area contributed by atoms with Gasteiger partial charge in [-0.1, -0.05) is 18.3 Å². The van der Waals surface area contributed by atoms with Crippen molar-refractivity contribution in [3.05, 3.63) is 23.5 Å². The fourth-order valence-corrected chi connectivity index (χ4v) is 2.60. The lowest BCUT2D eigenvalue weighted by molar-refractivity contribution is 0.813. The summed E-state index contributed by atoms with van der Waals surface area (Å²) in [7, 11) is 0. The van der Waals surface area contributed by atoms with Gasteiger partial charge in [-0.2, -0.15) is 0 Å². The van der Waals surface area contributed by atoms with E-state index in [4.69, 9.17) is 0 Å². The number of imidazole rings is 1. The Hall–Kier alpha value is -1.82. The van der Waals surface area contributed by atoms with Crippen molar-refractivity contribution in [3.63, 3.8) is 0 Å². The third kappa shape index (κ3) is 1.78. The molecule has 0 aliphatic carbocycles. The first kappa shape index (κ1) is 11.3. The van der Waals surface area contributed by atoms with Crippen LogP contribution in [0.4, 0.5) is 0 Å². The zero-order chi connectivity index (χ0) is 12.7. The van der Waals surface area contributed by atoms with E-state index in [9.17, 15) is 0 Å². The van der Waals surface area contributed by atoms with Crippen molar-refractivity contribution in [2.24, 2.45) is 0 Å². The van der Waals surface area contributed by atoms with Crippen LogP contribution in [0.1, 0.15) is 31.2 Å². The largest absolute Gasteiger partial charge is 0.336 e. The molecule has 3 aromatic heterocycles. The highest BCUT2D eigenvalue weighted by Gasteiger charge is 2.17. The van der Waals surface area contributed by atoms with Gasteiger partial charge < -0.3 is 4.98 Å². The highest BCUT2D eigenvalue weighted by atomic mass is 32.1. The van der Waals surface area contributed by atoms with Gasteiger partial charge in [0.05, 0.1) is 11.2 Å². The van der Waals surface area contributed by atoms with E-state index in [1.807, 2.05) is 19.1 Å². The van der Waals surface area contributed by atoms with E-state index in [0.29, 0.717) is 5.92 Å². The molecule has 0 radical (unpaired) electrons. The number of aromatic nitrogens is 5. The van der Waals surface area contributed by atoms with E-state index in [1.54, 1.807) is 0 Å². The fraction of sp³-hybridized carbons (Fsp3) is 0.333. The Labute approximate surface area is 108 Å². The van der Waals surface area contributed by atoms with Crippen molar-refractivity contribution in [3.8, 4) is 10.7 Å². The SMILES string of the molecule is Cc1ccc2[nH]c(-c3snnc3C(C)C)nc2n1. The summed E-state index contributed by atoms with van der Waals surface area (Å²) >= 11 is 1.37. The molecule has 92 valence electrons. The maximum atomic E-state index is 4.52. The number of rotatable bonds is 2. The summed E-state index contributed by atoms with van der Waals surface area (Å²) in [5.41, 5.74) is 3.63. The predicted molar refractivity (Wildman–Crippen MR) is 71.6 cm³/mol. The number of nitrogens with zero attached hydrogens (tertiary/aromatic N) is 4. The molecule has 6 heteroatoms. The Morgan fingerprint density at radius 3 is 2.83 bits per heavy atom. The zero-order valence-electron chi connectivity index (χ0n) is 10.4. The van der Waals surface area contributed by atoms with Crippen LogP contribution in [0.3, 0.4) is 0 Å². The highest BCUT2D eigenvalue weighted by molar-refractivity contribution is 7.09. The molecule has 0 bridgehead atoms. The fourth-order valence-electron chi connectivity index (χ4n) is 1.83. The molecule has 0 aliphatic rings. The lowest BCUT2D eigenvalue weighted by atomic mass is 10.1. The molecule has 0 aromatic carbocycles. The lowest BCUT2D eigenvalue weighted by Gasteiger charge is -2.00. The van der Waals surface area contributed by atoms with Gasteiger partial charge in [0.25, 0.3) is 0 Å². The minimum Gasteiger partial charge on any atom is -0.336 e. The normalized spacial score (nSPS) is 11.6. The van der Waals surface area contributed by atoms with Gasteiger partial charge >= 0.3 is 0 Å². The molecule has 18 heavy (non-hydrogen) atoms. The van der Waals surface area contributed by atoms with Gasteiger partial charge in [0.1, 0.15) is 4.88 Å². The zero-order valence-corrected chi connectivity index (χ0v) is 11.2. The van der Waals surface area contributed by atoms with Crippen molar-refractivity contribution in [2.75, 3.05) is 0 Å². The quantitative estimate of drug-likeness (QED) is 0.768. The molecule has 5 nitrogen and oxygen atoms in total. The summed E-state index contributed by atoms with van der Waals surface area (Å²) in [5, 5.41) is 4.17. The highest BCUT2D eigenvalue weighted by Crippen LogP contribution is 2.29. The molecule has 1 N–H and O–H groups in total. The molecule has 0 saturated carbocycles. The number of hydrogen-bond donors (Lipinski definition) is 1. The maximum Gasteiger partial charge on any atom is 0.178 e. The summed E-state index contributed by atoms with van der Waals surface area (Å²) in [5.74, 6) is 1.14. The molecule has 0 aliphatic heterocycles. The van der Waals surface area contributed by atoms with Gasteiger partial charge in [0, 0.05) is 5.69 Å². The molecular weight excluding hydrogens is 246 g/mol. The van der Waals surface area contributed by atoms with E-state index < -0.39 is 0 Å². The number of fused-ring (bicyclic) bond motifs is 1. The summed E-state index contributed by atoms with van der Waals surface area (Å²) < 4.78 is 4.02. The first-order valence-corrected chi connectivity index (χ1v) is 6.58. The Morgan fingerprint density at radius 2 is 2.06 bits per heavy atom. The Kier molecular flexibility index (Phi) is 2.59. The Bertz CT molecular complexity index is 697. The van der Waals surface area contributed by atoms with Crippen LogP contribution in [0.25, 0.3) is 21.9 Å². The van der Waals surface area contributed by atoms with E-state index in [-0.39, 0.29) is 0 Å². The van der Waals surface area contributed by atoms with Crippen LogP contribution in [-0.2, 0) is 0 Å². The van der Waals surface area contributed by atoms with Crippen LogP contribution in [0.2, 0.25) is 0 Å². The first-order valence-electron chi connectivity index (χ1n) is 5.81. The standard InChI is InChI=1S/C12H13N5S/c1-6(2)9-10(18-17-16-9)12-14-8-5-4-7(3)13-11(8)15-12/h4-6H,1-3H3,(H,13,14,15). The van der Waals surface area contributed by atoms with Crippen molar-refractivity contribution < 1.29 is 0 Å². The third-order valence-corrected chi connectivity index (χ3v) is 3.51. The van der Waals surface area contributed by atoms with Gasteiger partial charge in [-0.05, 0) is 36.5 Å². The van der Waals surface area contributed by atoms with E-state index in [2.05, 4.69) is 38.4 Å². The summed E-state index contributed by atoms with van der Waals surface area (Å²) in [6.45, 7) is 6.16. The Balaban J connectivity index is 2.16. The van der Waals surface area contributed by atoms with Gasteiger partial charge in [0.2, 0.25) is 0 Å². The van der Waals surface area contributed by atoms with Crippen molar-refractivity contribution >= 4 is 22.7 Å². The summed E-state index contributed by atoms with van der Waals surface area (Å²) in [6.07, 6.45) is 0. The van der Waals surface area contributed by atoms with Gasteiger partial charge in [-0.3, -0.25) is 0 Å². The number of H-pyrrole nitrogens is 1. The van der Waals surface area contributed by atoms with Crippen LogP contribution in [0.15, 0.2) is 12.1 Å². The van der Waals surface area contributed by atoms with Crippen LogP contribution in [0.5, 0.6) is 0 Å². The number of hydrogen-bond acceptors (Lipinski definition) is 5. The monoisotopic (exact) mass is 259 g/mol. The molecule has 0 fully saturated rings. The average molecular weight is 259 g/mol. The number of pyridine rings is 1. The molecule has 3 heterocycles. The maximum absolute atomic E-state index is 4.52. The lowest BCUT2D eigenvalue weighted by Crippen LogP contribution is -1.91. The second-order valence-corrected chi connectivity index (χ2v) is 5.31. The van der Waals surface area contributed by atoms with Crippen molar-refractivity contribution in [1.29, 1.82) is 0 Å². The minimum absolute atomic E-state index is 0.335. The van der Waals surface area contributed by atoms with Gasteiger partial charge in [-0.25, -0.2) is 9.97 Å². The smallest absolute Gasteiger partial charge is 0.178 e. The predicted octanol–water partition coefficient (Wildman–Crippen LogP) is 2.91. The number of aromatic amines is 1. The topological polar surface area (TPSA) is 67.3 Å². The third-order valence-electron chi connectivity index (χ3n) is 2.76. The van der Waals surface area contributed by atoms with E-state index in [0.717, 1.165) is 33.3 Å². The Morgan fingerprint density at radius 1 is 1.22 bits per heavy atom. The molecule has 3 aromatic rings. The summed E-state index contributed by atoms with van der Waals surface area (Å²) in [4.78, 5) is 13.2. The van der Waals surface area contributed by atoms with Gasteiger partial charge in [-0.15, -0.1) is 5.10 Å². The van der Waals surface area contributed by atoms with Crippen molar-refractivity contribution in [1.82, 2.24) is 24.5 Å². The van der Waals surface area contributed by atoms with E-state index >= 15 is 0 Å².